The Labute approximate surface area is 236 Å². The number of rotatable bonds is 9. The molecule has 3 aromatic rings. The van der Waals surface area contributed by atoms with Gasteiger partial charge in [-0.05, 0) is 54.4 Å². The maximum Gasteiger partial charge on any atom is 0.198 e. The minimum atomic E-state index is -0.333. The Morgan fingerprint density at radius 1 is 1.02 bits per heavy atom. The number of guanidine groups is 1. The van der Waals surface area contributed by atoms with E-state index in [0.717, 1.165) is 76.7 Å². The van der Waals surface area contributed by atoms with Crippen molar-refractivity contribution in [1.82, 2.24) is 10.2 Å². The van der Waals surface area contributed by atoms with Gasteiger partial charge in [0.2, 0.25) is 0 Å². The van der Waals surface area contributed by atoms with E-state index in [4.69, 9.17) is 20.2 Å². The lowest BCUT2D eigenvalue weighted by Gasteiger charge is -2.29. The first kappa shape index (κ1) is 27.9. The normalized spacial score (nSPS) is 16.6. The van der Waals surface area contributed by atoms with Crippen molar-refractivity contribution in [1.29, 1.82) is 0 Å². The molecule has 212 valence electrons. The highest BCUT2D eigenvalue weighted by Crippen LogP contribution is 2.37. The maximum atomic E-state index is 15.2. The number of hydrogen-bond donors (Lipinski definition) is 3. The van der Waals surface area contributed by atoms with Crippen LogP contribution in [0.25, 0.3) is 11.1 Å². The van der Waals surface area contributed by atoms with E-state index in [2.05, 4.69) is 39.5 Å². The van der Waals surface area contributed by atoms with Crippen LogP contribution >= 0.6 is 0 Å². The molecule has 2 fully saturated rings. The predicted molar refractivity (Wildman–Crippen MR) is 160 cm³/mol. The summed E-state index contributed by atoms with van der Waals surface area (Å²) in [5, 5.41) is 6.58. The lowest BCUT2D eigenvalue weighted by atomic mass is 9.98. The molecule has 2 heterocycles. The van der Waals surface area contributed by atoms with Crippen LogP contribution in [0.15, 0.2) is 65.7 Å². The monoisotopic (exact) mass is 546 g/mol. The molecule has 0 spiro atoms. The van der Waals surface area contributed by atoms with Gasteiger partial charge in [-0.1, -0.05) is 25.1 Å². The van der Waals surface area contributed by atoms with Gasteiger partial charge in [-0.3, -0.25) is 4.90 Å². The smallest absolute Gasteiger partial charge is 0.198 e. The van der Waals surface area contributed by atoms with Crippen molar-refractivity contribution >= 4 is 23.0 Å². The van der Waals surface area contributed by atoms with Crippen molar-refractivity contribution in [3.05, 3.63) is 72.0 Å². The van der Waals surface area contributed by atoms with Crippen LogP contribution in [0.2, 0.25) is 0 Å². The van der Waals surface area contributed by atoms with E-state index >= 15 is 4.39 Å². The van der Waals surface area contributed by atoms with Crippen LogP contribution in [-0.2, 0) is 11.2 Å². The number of piperazine rings is 1. The summed E-state index contributed by atoms with van der Waals surface area (Å²) in [6, 6.07) is 18.9. The molecule has 5 rings (SSSR count). The Bertz CT molecular complexity index is 1290. The van der Waals surface area contributed by atoms with Gasteiger partial charge in [0.05, 0.1) is 18.9 Å². The van der Waals surface area contributed by atoms with Crippen LogP contribution in [0, 0.1) is 5.82 Å². The molecular weight excluding hydrogens is 507 g/mol. The van der Waals surface area contributed by atoms with E-state index in [1.54, 1.807) is 12.1 Å². The molecule has 0 unspecified atom stereocenters. The minimum absolute atomic E-state index is 0.246. The van der Waals surface area contributed by atoms with Gasteiger partial charge in [-0.2, -0.15) is 0 Å². The number of ether oxygens (including phenoxy) is 2. The molecule has 0 aliphatic carbocycles. The number of halogens is 1. The number of aliphatic imine (C=N–C) groups is 1. The first-order chi connectivity index (χ1) is 19.6. The third-order valence-electron chi connectivity index (χ3n) is 7.36. The Morgan fingerprint density at radius 2 is 1.80 bits per heavy atom. The molecule has 2 aliphatic heterocycles. The number of anilines is 2. The molecule has 3 aromatic carbocycles. The summed E-state index contributed by atoms with van der Waals surface area (Å²) in [6.45, 7) is 10.6. The van der Waals surface area contributed by atoms with Crippen molar-refractivity contribution in [2.24, 2.45) is 10.7 Å². The van der Waals surface area contributed by atoms with Gasteiger partial charge in [0.1, 0.15) is 18.2 Å². The van der Waals surface area contributed by atoms with Crippen LogP contribution in [0.3, 0.4) is 0 Å². The summed E-state index contributed by atoms with van der Waals surface area (Å²) in [4.78, 5) is 9.41. The number of benzene rings is 3. The van der Waals surface area contributed by atoms with Crippen LogP contribution in [0.1, 0.15) is 12.5 Å². The lowest BCUT2D eigenvalue weighted by Crippen LogP contribution is -2.43. The molecule has 0 radical (unpaired) electrons. The van der Waals surface area contributed by atoms with E-state index < -0.39 is 0 Å². The van der Waals surface area contributed by atoms with Crippen molar-refractivity contribution in [2.75, 3.05) is 75.9 Å². The molecular formula is C31H39FN6O2. The number of aryl methyl sites for hydroxylation is 1. The first-order valence-corrected chi connectivity index (χ1v) is 14.1. The quantitative estimate of drug-likeness (QED) is 0.274. The fourth-order valence-electron chi connectivity index (χ4n) is 5.12. The average molecular weight is 547 g/mol. The lowest BCUT2D eigenvalue weighted by molar-refractivity contribution is 0.0322. The van der Waals surface area contributed by atoms with E-state index in [-0.39, 0.29) is 11.8 Å². The molecule has 0 atom stereocenters. The second-order valence-corrected chi connectivity index (χ2v) is 10.0. The SMILES string of the molecule is CCc1cccc(-c2cc(OCCN3CCOCC3)ccc2F)c1N=C(N)Nc1ccc(N2CCNCC2)cc1. The molecule has 4 N–H and O–H groups in total. The second kappa shape index (κ2) is 13.6. The largest absolute Gasteiger partial charge is 0.492 e. The number of nitrogens with zero attached hydrogens (tertiary/aromatic N) is 3. The Balaban J connectivity index is 1.33. The fraction of sp³-hybridized carbons (Fsp3) is 0.387. The number of para-hydroxylation sites is 1. The third kappa shape index (κ3) is 7.10. The van der Waals surface area contributed by atoms with E-state index in [1.807, 2.05) is 30.3 Å². The zero-order valence-corrected chi connectivity index (χ0v) is 23.2. The molecule has 0 aromatic heterocycles. The van der Waals surface area contributed by atoms with E-state index in [9.17, 15) is 0 Å². The highest BCUT2D eigenvalue weighted by atomic mass is 19.1. The Morgan fingerprint density at radius 3 is 2.55 bits per heavy atom. The summed E-state index contributed by atoms with van der Waals surface area (Å²) >= 11 is 0. The molecule has 2 aliphatic rings. The van der Waals surface area contributed by atoms with Crippen molar-refractivity contribution in [2.45, 2.75) is 13.3 Å². The van der Waals surface area contributed by atoms with E-state index in [1.165, 1.54) is 11.8 Å². The van der Waals surface area contributed by atoms with Crippen LogP contribution < -0.4 is 26.0 Å². The molecule has 2 saturated heterocycles. The Kier molecular flexibility index (Phi) is 9.49. The van der Waals surface area contributed by atoms with Gasteiger partial charge in [-0.15, -0.1) is 0 Å². The van der Waals surface area contributed by atoms with Gasteiger partial charge >= 0.3 is 0 Å². The molecule has 9 heteroatoms. The van der Waals surface area contributed by atoms with Gasteiger partial charge in [0.15, 0.2) is 5.96 Å². The zero-order valence-electron chi connectivity index (χ0n) is 23.2. The molecule has 0 bridgehead atoms. The average Bonchev–Trinajstić information content (AvgIpc) is 2.99. The first-order valence-electron chi connectivity index (χ1n) is 14.1. The van der Waals surface area contributed by atoms with Crippen LogP contribution in [0.5, 0.6) is 5.75 Å². The molecule has 0 saturated carbocycles. The van der Waals surface area contributed by atoms with Gasteiger partial charge in [0.25, 0.3) is 0 Å². The van der Waals surface area contributed by atoms with Crippen LogP contribution in [0.4, 0.5) is 21.5 Å². The molecule has 0 amide bonds. The zero-order chi connectivity index (χ0) is 27.7. The summed E-state index contributed by atoms with van der Waals surface area (Å²) < 4.78 is 26.6. The summed E-state index contributed by atoms with van der Waals surface area (Å²) in [7, 11) is 0. The van der Waals surface area contributed by atoms with Crippen molar-refractivity contribution < 1.29 is 13.9 Å². The highest BCUT2D eigenvalue weighted by Gasteiger charge is 2.16. The van der Waals surface area contributed by atoms with Crippen molar-refractivity contribution in [3.8, 4) is 16.9 Å². The number of hydrogen-bond acceptors (Lipinski definition) is 6. The van der Waals surface area contributed by atoms with Gasteiger partial charge in [-0.25, -0.2) is 9.38 Å². The van der Waals surface area contributed by atoms with Gasteiger partial charge < -0.3 is 30.7 Å². The van der Waals surface area contributed by atoms with E-state index in [0.29, 0.717) is 29.2 Å². The second-order valence-electron chi connectivity index (χ2n) is 10.0. The highest BCUT2D eigenvalue weighted by molar-refractivity contribution is 5.96. The number of morpholine rings is 1. The number of nitrogens with two attached hydrogens (primary N) is 1. The third-order valence-corrected chi connectivity index (χ3v) is 7.36. The summed E-state index contributed by atoms with van der Waals surface area (Å²) in [5.74, 6) is 0.535. The molecule has 40 heavy (non-hydrogen) atoms. The summed E-state index contributed by atoms with van der Waals surface area (Å²) in [5.41, 5.74) is 11.2. The van der Waals surface area contributed by atoms with Crippen molar-refractivity contribution in [3.63, 3.8) is 0 Å². The predicted octanol–water partition coefficient (Wildman–Crippen LogP) is 4.23. The fourth-order valence-corrected chi connectivity index (χ4v) is 5.12. The molecule has 8 nitrogen and oxygen atoms in total. The number of nitrogens with one attached hydrogen (secondary N) is 2. The van der Waals surface area contributed by atoms with Crippen LogP contribution in [-0.4, -0.2) is 76.5 Å². The standard InChI is InChI=1S/C31H39FN6O2/c1-2-23-4-3-5-27(28-22-26(10-11-29(28)32)40-21-18-37-16-19-39-20-17-37)30(23)36-31(33)35-24-6-8-25(9-7-24)38-14-12-34-13-15-38/h3-11,22,34H,2,12-21H2,1H3,(H3,33,35,36). The summed E-state index contributed by atoms with van der Waals surface area (Å²) in [6.07, 6.45) is 0.733. The van der Waals surface area contributed by atoms with Gasteiger partial charge in [0, 0.05) is 68.3 Å². The maximum absolute atomic E-state index is 15.2. The Hall–Kier alpha value is -3.66. The minimum Gasteiger partial charge on any atom is -0.492 e. The topological polar surface area (TPSA) is 87.4 Å².